The number of hydrogen-bond acceptors (Lipinski definition) is 5. The van der Waals surface area contributed by atoms with Gasteiger partial charge in [0.05, 0.1) is 12.4 Å². The molecular weight excluding hydrogens is 384 g/mol. The number of aromatic nitrogens is 3. The van der Waals surface area contributed by atoms with Gasteiger partial charge in [-0.1, -0.05) is 31.0 Å². The summed E-state index contributed by atoms with van der Waals surface area (Å²) in [5.74, 6) is 1.84. The SMILES string of the molecule is CCN(C(=O)C(C)Sc1nnc(-c2ccc(OC)cc2)n1CC)C1CCCCC1. The molecule has 1 aromatic carbocycles. The Bertz CT molecular complexity index is 800. The van der Waals surface area contributed by atoms with Crippen molar-refractivity contribution in [3.63, 3.8) is 0 Å². The molecule has 1 aliphatic carbocycles. The highest BCUT2D eigenvalue weighted by Crippen LogP contribution is 2.30. The molecule has 0 radical (unpaired) electrons. The standard InChI is InChI=1S/C22H32N4O2S/c1-5-25(18-10-8-7-9-11-18)21(27)16(3)29-22-24-23-20(26(22)6-2)17-12-14-19(28-4)15-13-17/h12-16,18H,5-11H2,1-4H3. The van der Waals surface area contributed by atoms with Crippen LogP contribution in [0, 0.1) is 0 Å². The fourth-order valence-electron chi connectivity index (χ4n) is 4.04. The Balaban J connectivity index is 1.74. The first-order chi connectivity index (χ1) is 14.1. The van der Waals surface area contributed by atoms with Gasteiger partial charge in [-0.25, -0.2) is 0 Å². The molecule has 3 rings (SSSR count). The third kappa shape index (κ3) is 4.94. The van der Waals surface area contributed by atoms with Crippen molar-refractivity contribution in [3.8, 4) is 17.1 Å². The summed E-state index contributed by atoms with van der Waals surface area (Å²) in [6, 6.07) is 8.21. The second-order valence-electron chi connectivity index (χ2n) is 7.46. The highest BCUT2D eigenvalue weighted by molar-refractivity contribution is 8.00. The molecule has 2 aromatic rings. The fourth-order valence-corrected chi connectivity index (χ4v) is 5.03. The lowest BCUT2D eigenvalue weighted by Crippen LogP contribution is -2.44. The molecule has 0 aliphatic heterocycles. The lowest BCUT2D eigenvalue weighted by Gasteiger charge is -2.35. The minimum Gasteiger partial charge on any atom is -0.497 e. The van der Waals surface area contributed by atoms with Crippen LogP contribution in [0.5, 0.6) is 5.75 Å². The van der Waals surface area contributed by atoms with Crippen LogP contribution in [0.2, 0.25) is 0 Å². The molecule has 0 bridgehead atoms. The van der Waals surface area contributed by atoms with E-state index >= 15 is 0 Å². The molecule has 1 aliphatic rings. The topological polar surface area (TPSA) is 60.3 Å². The first-order valence-electron chi connectivity index (χ1n) is 10.6. The van der Waals surface area contributed by atoms with Crippen LogP contribution in [-0.2, 0) is 11.3 Å². The van der Waals surface area contributed by atoms with Crippen molar-refractivity contribution in [1.29, 1.82) is 0 Å². The first-order valence-corrected chi connectivity index (χ1v) is 11.5. The Kier molecular flexibility index (Phi) is 7.58. The van der Waals surface area contributed by atoms with Crippen LogP contribution in [0.15, 0.2) is 29.4 Å². The molecular formula is C22H32N4O2S. The second kappa shape index (κ2) is 10.1. The maximum atomic E-state index is 13.2. The Hall–Kier alpha value is -2.02. The quantitative estimate of drug-likeness (QED) is 0.587. The molecule has 7 heteroatoms. The highest BCUT2D eigenvalue weighted by atomic mass is 32.2. The van der Waals surface area contributed by atoms with Crippen LogP contribution in [0.25, 0.3) is 11.4 Å². The summed E-state index contributed by atoms with van der Waals surface area (Å²) in [5, 5.41) is 9.41. The van der Waals surface area contributed by atoms with E-state index in [1.165, 1.54) is 31.0 Å². The van der Waals surface area contributed by atoms with Crippen LogP contribution in [0.1, 0.15) is 52.9 Å². The lowest BCUT2D eigenvalue weighted by molar-refractivity contribution is -0.133. The number of rotatable bonds is 8. The van der Waals surface area contributed by atoms with Gasteiger partial charge in [-0.05, 0) is 57.9 Å². The van der Waals surface area contributed by atoms with Crippen LogP contribution in [-0.4, -0.2) is 50.5 Å². The summed E-state index contributed by atoms with van der Waals surface area (Å²) in [7, 11) is 1.66. The Morgan fingerprint density at radius 1 is 1.21 bits per heavy atom. The van der Waals surface area contributed by atoms with Crippen molar-refractivity contribution in [2.24, 2.45) is 0 Å². The summed E-state index contributed by atoms with van der Waals surface area (Å²) in [6.07, 6.45) is 6.00. The van der Waals surface area contributed by atoms with E-state index in [0.29, 0.717) is 6.04 Å². The Morgan fingerprint density at radius 2 is 1.90 bits per heavy atom. The van der Waals surface area contributed by atoms with E-state index < -0.39 is 0 Å². The number of ether oxygens (including phenoxy) is 1. The van der Waals surface area contributed by atoms with E-state index in [1.807, 2.05) is 31.2 Å². The van der Waals surface area contributed by atoms with Crippen molar-refractivity contribution >= 4 is 17.7 Å². The molecule has 29 heavy (non-hydrogen) atoms. The number of hydrogen-bond donors (Lipinski definition) is 0. The van der Waals surface area contributed by atoms with Gasteiger partial charge >= 0.3 is 0 Å². The molecule has 0 N–H and O–H groups in total. The summed E-state index contributed by atoms with van der Waals surface area (Å²) >= 11 is 1.51. The number of benzene rings is 1. The smallest absolute Gasteiger partial charge is 0.236 e. The van der Waals surface area contributed by atoms with Crippen LogP contribution < -0.4 is 4.74 Å². The van der Waals surface area contributed by atoms with Crippen molar-refractivity contribution in [2.45, 2.75) is 75.9 Å². The van der Waals surface area contributed by atoms with Crippen molar-refractivity contribution in [3.05, 3.63) is 24.3 Å². The van der Waals surface area contributed by atoms with E-state index in [9.17, 15) is 4.79 Å². The molecule has 1 saturated carbocycles. The molecule has 1 fully saturated rings. The normalized spacial score (nSPS) is 15.9. The van der Waals surface area contributed by atoms with E-state index in [1.54, 1.807) is 7.11 Å². The maximum absolute atomic E-state index is 13.2. The number of amides is 1. The molecule has 0 saturated heterocycles. The molecule has 1 atom stereocenters. The molecule has 1 unspecified atom stereocenters. The lowest BCUT2D eigenvalue weighted by atomic mass is 9.94. The number of nitrogens with zero attached hydrogens (tertiary/aromatic N) is 4. The highest BCUT2D eigenvalue weighted by Gasteiger charge is 2.29. The van der Waals surface area contributed by atoms with Crippen molar-refractivity contribution in [2.75, 3.05) is 13.7 Å². The van der Waals surface area contributed by atoms with Gasteiger partial charge in [0.1, 0.15) is 5.75 Å². The third-order valence-electron chi connectivity index (χ3n) is 5.65. The number of methoxy groups -OCH3 is 1. The van der Waals surface area contributed by atoms with Crippen LogP contribution in [0.3, 0.4) is 0 Å². The van der Waals surface area contributed by atoms with Crippen LogP contribution >= 0.6 is 11.8 Å². The zero-order chi connectivity index (χ0) is 20.8. The zero-order valence-corrected chi connectivity index (χ0v) is 18.7. The van der Waals surface area contributed by atoms with E-state index in [0.717, 1.165) is 48.2 Å². The predicted octanol–water partition coefficient (Wildman–Crippen LogP) is 4.64. The van der Waals surface area contributed by atoms with E-state index in [2.05, 4.69) is 33.5 Å². The number of carbonyl (C=O) groups excluding carboxylic acids is 1. The van der Waals surface area contributed by atoms with Gasteiger partial charge < -0.3 is 14.2 Å². The molecule has 1 aromatic heterocycles. The molecule has 158 valence electrons. The van der Waals surface area contributed by atoms with Gasteiger partial charge in [0.25, 0.3) is 0 Å². The summed E-state index contributed by atoms with van der Waals surface area (Å²) < 4.78 is 7.32. The molecule has 1 amide bonds. The molecule has 6 nitrogen and oxygen atoms in total. The number of carbonyl (C=O) groups is 1. The van der Waals surface area contributed by atoms with Crippen molar-refractivity contribution in [1.82, 2.24) is 19.7 Å². The largest absolute Gasteiger partial charge is 0.497 e. The summed E-state index contributed by atoms with van der Waals surface area (Å²) in [4.78, 5) is 15.2. The van der Waals surface area contributed by atoms with E-state index in [4.69, 9.17) is 4.74 Å². The van der Waals surface area contributed by atoms with Gasteiger partial charge in [-0.15, -0.1) is 10.2 Å². The minimum atomic E-state index is -0.185. The number of thioether (sulfide) groups is 1. The van der Waals surface area contributed by atoms with Gasteiger partial charge in [-0.2, -0.15) is 0 Å². The van der Waals surface area contributed by atoms with Crippen molar-refractivity contribution < 1.29 is 9.53 Å². The van der Waals surface area contributed by atoms with Gasteiger partial charge in [0.15, 0.2) is 11.0 Å². The van der Waals surface area contributed by atoms with Gasteiger partial charge in [0, 0.05) is 24.7 Å². The van der Waals surface area contributed by atoms with Gasteiger partial charge in [0.2, 0.25) is 5.91 Å². The second-order valence-corrected chi connectivity index (χ2v) is 8.76. The average molecular weight is 417 g/mol. The Labute approximate surface area is 178 Å². The average Bonchev–Trinajstić information content (AvgIpc) is 3.17. The third-order valence-corrected chi connectivity index (χ3v) is 6.72. The zero-order valence-electron chi connectivity index (χ0n) is 17.9. The predicted molar refractivity (Wildman–Crippen MR) is 117 cm³/mol. The molecule has 0 spiro atoms. The molecule has 1 heterocycles. The summed E-state index contributed by atoms with van der Waals surface area (Å²) in [5.41, 5.74) is 0.989. The Morgan fingerprint density at radius 3 is 2.48 bits per heavy atom. The summed E-state index contributed by atoms with van der Waals surface area (Å²) in [6.45, 7) is 7.66. The monoisotopic (exact) mass is 416 g/mol. The maximum Gasteiger partial charge on any atom is 0.236 e. The fraction of sp³-hybridized carbons (Fsp3) is 0.591. The van der Waals surface area contributed by atoms with Gasteiger partial charge in [-0.3, -0.25) is 4.79 Å². The van der Waals surface area contributed by atoms with E-state index in [-0.39, 0.29) is 11.2 Å². The first kappa shape index (κ1) is 21.7. The van der Waals surface area contributed by atoms with Crippen LogP contribution in [0.4, 0.5) is 0 Å². The minimum absolute atomic E-state index is 0.185.